The minimum absolute atomic E-state index is 0.0343. The summed E-state index contributed by atoms with van der Waals surface area (Å²) in [5, 5.41) is 4.21. The summed E-state index contributed by atoms with van der Waals surface area (Å²) < 4.78 is 10.3. The standard InChI is InChI=1S/C17H17NO3/c1-19-14-7-3-12(4-8-14)16-11-17(21-18-16)13-5-9-15(20-2)10-6-13/h3-10,17H,11H2,1-2H3/t17-/m1/s1. The average Bonchev–Trinajstić information content (AvgIpc) is 3.05. The first-order valence-electron chi connectivity index (χ1n) is 6.81. The van der Waals surface area contributed by atoms with Crippen molar-refractivity contribution in [3.8, 4) is 11.5 Å². The molecule has 21 heavy (non-hydrogen) atoms. The van der Waals surface area contributed by atoms with E-state index < -0.39 is 0 Å². The normalized spacial score (nSPS) is 17.0. The SMILES string of the molecule is COc1ccc(C2=NO[C@@H](c3ccc(OC)cc3)C2)cc1. The van der Waals surface area contributed by atoms with E-state index in [1.54, 1.807) is 14.2 Å². The minimum atomic E-state index is -0.0343. The van der Waals surface area contributed by atoms with E-state index in [9.17, 15) is 0 Å². The number of oxime groups is 1. The van der Waals surface area contributed by atoms with Gasteiger partial charge in [0.05, 0.1) is 19.9 Å². The average molecular weight is 283 g/mol. The summed E-state index contributed by atoms with van der Waals surface area (Å²) in [6, 6.07) is 15.7. The van der Waals surface area contributed by atoms with Crippen molar-refractivity contribution in [3.05, 3.63) is 59.7 Å². The number of ether oxygens (including phenoxy) is 2. The monoisotopic (exact) mass is 283 g/mol. The van der Waals surface area contributed by atoms with Crippen LogP contribution in [0.3, 0.4) is 0 Å². The number of benzene rings is 2. The third-order valence-electron chi connectivity index (χ3n) is 3.58. The van der Waals surface area contributed by atoms with E-state index >= 15 is 0 Å². The Morgan fingerprint density at radius 1 is 0.905 bits per heavy atom. The van der Waals surface area contributed by atoms with Gasteiger partial charge in [0.25, 0.3) is 0 Å². The Bertz CT molecular complexity index is 632. The molecular weight excluding hydrogens is 266 g/mol. The Morgan fingerprint density at radius 2 is 1.48 bits per heavy atom. The third-order valence-corrected chi connectivity index (χ3v) is 3.58. The van der Waals surface area contributed by atoms with Crippen molar-refractivity contribution >= 4 is 5.71 Å². The van der Waals surface area contributed by atoms with Crippen molar-refractivity contribution in [2.75, 3.05) is 14.2 Å². The second-order valence-electron chi connectivity index (χ2n) is 4.84. The third kappa shape index (κ3) is 2.84. The Balaban J connectivity index is 1.71. The van der Waals surface area contributed by atoms with Crippen LogP contribution in [0, 0.1) is 0 Å². The summed E-state index contributed by atoms with van der Waals surface area (Å²) in [5.74, 6) is 1.68. The van der Waals surface area contributed by atoms with Gasteiger partial charge in [-0.3, -0.25) is 0 Å². The van der Waals surface area contributed by atoms with Gasteiger partial charge in [-0.2, -0.15) is 0 Å². The highest BCUT2D eigenvalue weighted by Crippen LogP contribution is 2.30. The van der Waals surface area contributed by atoms with Gasteiger partial charge in [-0.05, 0) is 47.5 Å². The molecule has 0 aliphatic carbocycles. The van der Waals surface area contributed by atoms with Gasteiger partial charge in [-0.1, -0.05) is 17.3 Å². The van der Waals surface area contributed by atoms with Gasteiger partial charge < -0.3 is 14.3 Å². The molecule has 2 aromatic rings. The van der Waals surface area contributed by atoms with Crippen molar-refractivity contribution in [2.24, 2.45) is 5.16 Å². The molecule has 0 N–H and O–H groups in total. The van der Waals surface area contributed by atoms with Crippen LogP contribution >= 0.6 is 0 Å². The summed E-state index contributed by atoms with van der Waals surface area (Å²) in [7, 11) is 3.32. The highest BCUT2D eigenvalue weighted by Gasteiger charge is 2.23. The Morgan fingerprint density at radius 3 is 2.05 bits per heavy atom. The van der Waals surface area contributed by atoms with Crippen molar-refractivity contribution in [1.29, 1.82) is 0 Å². The zero-order valence-corrected chi connectivity index (χ0v) is 12.1. The molecular formula is C17H17NO3. The van der Waals surface area contributed by atoms with E-state index in [0.29, 0.717) is 0 Å². The Kier molecular flexibility index (Phi) is 3.77. The first kappa shape index (κ1) is 13.5. The highest BCUT2D eigenvalue weighted by atomic mass is 16.6. The molecule has 0 amide bonds. The van der Waals surface area contributed by atoms with Gasteiger partial charge in [0.2, 0.25) is 0 Å². The summed E-state index contributed by atoms with van der Waals surface area (Å²) in [6.07, 6.45) is 0.728. The molecule has 0 bridgehead atoms. The first-order chi connectivity index (χ1) is 10.3. The molecule has 0 saturated carbocycles. The van der Waals surface area contributed by atoms with Gasteiger partial charge in [0.1, 0.15) is 11.5 Å². The number of hydrogen-bond acceptors (Lipinski definition) is 4. The fourth-order valence-electron chi connectivity index (χ4n) is 2.33. The van der Waals surface area contributed by atoms with Crippen LogP contribution in [0.5, 0.6) is 11.5 Å². The second kappa shape index (κ2) is 5.87. The van der Waals surface area contributed by atoms with Crippen LogP contribution in [0.1, 0.15) is 23.7 Å². The molecule has 3 rings (SSSR count). The molecule has 1 atom stereocenters. The maximum atomic E-state index is 5.55. The molecule has 1 aliphatic rings. The summed E-state index contributed by atoms with van der Waals surface area (Å²) >= 11 is 0. The van der Waals surface area contributed by atoms with Crippen LogP contribution in [-0.2, 0) is 4.84 Å². The molecule has 0 unspecified atom stereocenters. The lowest BCUT2D eigenvalue weighted by molar-refractivity contribution is 0.0857. The van der Waals surface area contributed by atoms with Gasteiger partial charge in [-0.15, -0.1) is 0 Å². The molecule has 0 aromatic heterocycles. The maximum Gasteiger partial charge on any atom is 0.158 e. The van der Waals surface area contributed by atoms with Crippen LogP contribution in [0.15, 0.2) is 53.7 Å². The van der Waals surface area contributed by atoms with Crippen LogP contribution in [0.2, 0.25) is 0 Å². The quantitative estimate of drug-likeness (QED) is 0.861. The van der Waals surface area contributed by atoms with E-state index in [2.05, 4.69) is 5.16 Å². The lowest BCUT2D eigenvalue weighted by Crippen LogP contribution is -2.01. The fraction of sp³-hybridized carbons (Fsp3) is 0.235. The van der Waals surface area contributed by atoms with Crippen LogP contribution < -0.4 is 9.47 Å². The van der Waals surface area contributed by atoms with Crippen LogP contribution in [-0.4, -0.2) is 19.9 Å². The van der Waals surface area contributed by atoms with Crippen molar-refractivity contribution in [2.45, 2.75) is 12.5 Å². The lowest BCUT2D eigenvalue weighted by Gasteiger charge is -2.09. The molecule has 0 radical (unpaired) electrons. The molecule has 108 valence electrons. The highest BCUT2D eigenvalue weighted by molar-refractivity contribution is 6.01. The number of hydrogen-bond donors (Lipinski definition) is 0. The molecule has 4 heteroatoms. The van der Waals surface area contributed by atoms with E-state index in [0.717, 1.165) is 34.8 Å². The van der Waals surface area contributed by atoms with Crippen LogP contribution in [0.4, 0.5) is 0 Å². The summed E-state index contributed by atoms with van der Waals surface area (Å²) in [4.78, 5) is 5.55. The molecule has 1 aliphatic heterocycles. The topological polar surface area (TPSA) is 40.0 Å². The Labute approximate surface area is 123 Å². The number of methoxy groups -OCH3 is 2. The van der Waals surface area contributed by atoms with Gasteiger partial charge in [0, 0.05) is 6.42 Å². The van der Waals surface area contributed by atoms with E-state index in [1.165, 1.54) is 0 Å². The van der Waals surface area contributed by atoms with E-state index in [-0.39, 0.29) is 6.10 Å². The molecule has 0 spiro atoms. The minimum Gasteiger partial charge on any atom is -0.497 e. The van der Waals surface area contributed by atoms with Crippen molar-refractivity contribution in [3.63, 3.8) is 0 Å². The summed E-state index contributed by atoms with van der Waals surface area (Å²) in [6.45, 7) is 0. The largest absolute Gasteiger partial charge is 0.497 e. The number of nitrogens with zero attached hydrogens (tertiary/aromatic N) is 1. The maximum absolute atomic E-state index is 5.55. The molecule has 1 heterocycles. The number of rotatable bonds is 4. The molecule has 0 saturated heterocycles. The summed E-state index contributed by atoms with van der Waals surface area (Å²) in [5.41, 5.74) is 3.12. The first-order valence-corrected chi connectivity index (χ1v) is 6.81. The zero-order chi connectivity index (χ0) is 14.7. The lowest BCUT2D eigenvalue weighted by atomic mass is 10.0. The molecule has 4 nitrogen and oxygen atoms in total. The van der Waals surface area contributed by atoms with Crippen molar-refractivity contribution < 1.29 is 14.3 Å². The van der Waals surface area contributed by atoms with Gasteiger partial charge >= 0.3 is 0 Å². The molecule has 0 fully saturated rings. The van der Waals surface area contributed by atoms with Gasteiger partial charge in [-0.25, -0.2) is 0 Å². The fourth-order valence-corrected chi connectivity index (χ4v) is 2.33. The van der Waals surface area contributed by atoms with Crippen molar-refractivity contribution in [1.82, 2.24) is 0 Å². The Hall–Kier alpha value is -2.49. The predicted octanol–water partition coefficient (Wildman–Crippen LogP) is 3.57. The second-order valence-corrected chi connectivity index (χ2v) is 4.84. The predicted molar refractivity (Wildman–Crippen MR) is 81.0 cm³/mol. The van der Waals surface area contributed by atoms with E-state index in [4.69, 9.17) is 14.3 Å². The molecule has 2 aromatic carbocycles. The van der Waals surface area contributed by atoms with E-state index in [1.807, 2.05) is 48.5 Å². The van der Waals surface area contributed by atoms with Crippen LogP contribution in [0.25, 0.3) is 0 Å². The zero-order valence-electron chi connectivity index (χ0n) is 12.1. The van der Waals surface area contributed by atoms with Gasteiger partial charge in [0.15, 0.2) is 6.10 Å². The smallest absolute Gasteiger partial charge is 0.158 e.